The topological polar surface area (TPSA) is 43.1 Å². The van der Waals surface area contributed by atoms with Gasteiger partial charge in [0.25, 0.3) is 0 Å². The van der Waals surface area contributed by atoms with Crippen molar-refractivity contribution in [2.45, 2.75) is 6.92 Å². The Morgan fingerprint density at radius 3 is 2.46 bits per heavy atom. The summed E-state index contributed by atoms with van der Waals surface area (Å²) in [5, 5.41) is 0.754. The number of pyridine rings is 1. The highest BCUT2D eigenvalue weighted by Gasteiger charge is 2.20. The van der Waals surface area contributed by atoms with Crippen LogP contribution in [-0.2, 0) is 0 Å². The minimum absolute atomic E-state index is 0.421. The first kappa shape index (κ1) is 15.9. The number of aromatic nitrogens is 1. The highest BCUT2D eigenvalue weighted by atomic mass is 16.4. The van der Waals surface area contributed by atoms with Gasteiger partial charge in [-0.25, -0.2) is 4.79 Å². The molecule has 124 valence electrons. The fourth-order valence-electron chi connectivity index (χ4n) is 3.22. The number of rotatable bonds is 2. The number of benzene rings is 2. The zero-order valence-electron chi connectivity index (χ0n) is 14.2. The lowest BCUT2D eigenvalue weighted by molar-refractivity contribution is 0.563. The second-order valence-electron chi connectivity index (χ2n) is 6.05. The van der Waals surface area contributed by atoms with Crippen LogP contribution >= 0.6 is 0 Å². The van der Waals surface area contributed by atoms with Gasteiger partial charge in [-0.1, -0.05) is 42.3 Å². The number of aryl methyl sites for hydroxylation is 1. The molecule has 3 heteroatoms. The zero-order chi connectivity index (χ0) is 18.1. The van der Waals surface area contributed by atoms with Crippen LogP contribution in [-0.4, -0.2) is 4.98 Å². The second kappa shape index (κ2) is 6.34. The van der Waals surface area contributed by atoms with Gasteiger partial charge in [-0.3, -0.25) is 4.98 Å². The summed E-state index contributed by atoms with van der Waals surface area (Å²) in [4.78, 5) is 17.2. The molecule has 0 spiro atoms. The molecule has 0 aliphatic rings. The summed E-state index contributed by atoms with van der Waals surface area (Å²) < 4.78 is 5.64. The van der Waals surface area contributed by atoms with E-state index in [1.807, 2.05) is 61.5 Å². The van der Waals surface area contributed by atoms with Crippen molar-refractivity contribution in [2.75, 3.05) is 0 Å². The summed E-state index contributed by atoms with van der Waals surface area (Å²) >= 11 is 0. The van der Waals surface area contributed by atoms with E-state index in [0.717, 1.165) is 22.1 Å². The molecule has 3 nitrogen and oxygen atoms in total. The summed E-state index contributed by atoms with van der Waals surface area (Å²) in [6, 6.07) is 18.9. The molecule has 0 atom stereocenters. The lowest BCUT2D eigenvalue weighted by Crippen LogP contribution is -2.08. The van der Waals surface area contributed by atoms with E-state index in [0.29, 0.717) is 22.4 Å². The maximum atomic E-state index is 12.9. The van der Waals surface area contributed by atoms with E-state index in [1.165, 1.54) is 0 Å². The van der Waals surface area contributed by atoms with Crippen LogP contribution in [0.2, 0.25) is 0 Å². The van der Waals surface area contributed by atoms with Crippen molar-refractivity contribution in [3.8, 4) is 34.7 Å². The molecule has 2 aromatic carbocycles. The van der Waals surface area contributed by atoms with Crippen molar-refractivity contribution in [3.63, 3.8) is 0 Å². The molecular formula is C23H15NO2. The lowest BCUT2D eigenvalue weighted by atomic mass is 9.92. The van der Waals surface area contributed by atoms with Crippen molar-refractivity contribution in [3.05, 3.63) is 88.4 Å². The summed E-state index contributed by atoms with van der Waals surface area (Å²) in [6.45, 7) is 1.93. The first-order valence-corrected chi connectivity index (χ1v) is 8.24. The fraction of sp³-hybridized carbons (Fsp3) is 0.0435. The fourth-order valence-corrected chi connectivity index (χ4v) is 3.22. The summed E-state index contributed by atoms with van der Waals surface area (Å²) in [5.74, 6) is 2.74. The van der Waals surface area contributed by atoms with Gasteiger partial charge >= 0.3 is 5.63 Å². The molecule has 2 aromatic heterocycles. The van der Waals surface area contributed by atoms with E-state index < -0.39 is 5.63 Å². The van der Waals surface area contributed by atoms with Crippen molar-refractivity contribution < 1.29 is 4.42 Å². The SMILES string of the molecule is C#Cc1cc(C)cc2oc(=O)c(-c3ccccn3)c(-c3ccccc3)c12. The molecule has 26 heavy (non-hydrogen) atoms. The monoisotopic (exact) mass is 337 g/mol. The van der Waals surface area contributed by atoms with Gasteiger partial charge in [-0.15, -0.1) is 6.42 Å². The summed E-state index contributed by atoms with van der Waals surface area (Å²) in [7, 11) is 0. The van der Waals surface area contributed by atoms with Crippen LogP contribution in [0.1, 0.15) is 11.1 Å². The third-order valence-corrected chi connectivity index (χ3v) is 4.29. The molecule has 4 rings (SSSR count). The molecule has 0 amide bonds. The molecule has 0 aliphatic heterocycles. The molecule has 0 unspecified atom stereocenters. The van der Waals surface area contributed by atoms with Gasteiger partial charge in [0.1, 0.15) is 5.58 Å². The number of hydrogen-bond donors (Lipinski definition) is 0. The quantitative estimate of drug-likeness (QED) is 0.389. The average Bonchev–Trinajstić information content (AvgIpc) is 2.67. The Morgan fingerprint density at radius 2 is 1.77 bits per heavy atom. The summed E-state index contributed by atoms with van der Waals surface area (Å²) in [6.07, 6.45) is 7.43. The smallest absolute Gasteiger partial charge is 0.346 e. The number of fused-ring (bicyclic) bond motifs is 1. The second-order valence-corrected chi connectivity index (χ2v) is 6.05. The third kappa shape index (κ3) is 2.58. The van der Waals surface area contributed by atoms with Crippen LogP contribution in [0, 0.1) is 19.3 Å². The van der Waals surface area contributed by atoms with Crippen LogP contribution in [0.4, 0.5) is 0 Å². The Bertz CT molecular complexity index is 1200. The van der Waals surface area contributed by atoms with Crippen molar-refractivity contribution in [1.82, 2.24) is 4.98 Å². The molecule has 0 N–H and O–H groups in total. The molecule has 0 bridgehead atoms. The van der Waals surface area contributed by atoms with Gasteiger partial charge in [-0.2, -0.15) is 0 Å². The van der Waals surface area contributed by atoms with E-state index >= 15 is 0 Å². The van der Waals surface area contributed by atoms with Crippen molar-refractivity contribution in [2.24, 2.45) is 0 Å². The van der Waals surface area contributed by atoms with E-state index in [-0.39, 0.29) is 0 Å². The largest absolute Gasteiger partial charge is 0.422 e. The molecular weight excluding hydrogens is 322 g/mol. The van der Waals surface area contributed by atoms with Crippen LogP contribution in [0.3, 0.4) is 0 Å². The maximum Gasteiger partial charge on any atom is 0.346 e. The predicted molar refractivity (Wildman–Crippen MR) is 104 cm³/mol. The highest BCUT2D eigenvalue weighted by molar-refractivity contribution is 6.03. The standard InChI is InChI=1S/C23H15NO2/c1-3-16-13-15(2)14-19-20(16)21(17-9-5-4-6-10-17)22(23(25)26-19)18-11-7-8-12-24-18/h1,4-14H,2H3. The van der Waals surface area contributed by atoms with Gasteiger partial charge < -0.3 is 4.42 Å². The number of hydrogen-bond acceptors (Lipinski definition) is 3. The number of terminal acetylenes is 1. The van der Waals surface area contributed by atoms with E-state index in [2.05, 4.69) is 10.9 Å². The Kier molecular flexibility index (Phi) is 3.87. The minimum Gasteiger partial charge on any atom is -0.422 e. The van der Waals surface area contributed by atoms with Crippen LogP contribution in [0.15, 0.2) is 76.1 Å². The first-order chi connectivity index (χ1) is 12.7. The Balaban J connectivity index is 2.25. The highest BCUT2D eigenvalue weighted by Crippen LogP contribution is 2.37. The third-order valence-electron chi connectivity index (χ3n) is 4.29. The Hall–Kier alpha value is -3.64. The predicted octanol–water partition coefficient (Wildman–Crippen LogP) is 4.81. The lowest BCUT2D eigenvalue weighted by Gasteiger charge is -2.13. The maximum absolute atomic E-state index is 12.9. The normalized spacial score (nSPS) is 10.6. The van der Waals surface area contributed by atoms with E-state index in [4.69, 9.17) is 10.8 Å². The zero-order valence-corrected chi connectivity index (χ0v) is 14.2. The Morgan fingerprint density at radius 1 is 1.00 bits per heavy atom. The van der Waals surface area contributed by atoms with Gasteiger partial charge in [0.15, 0.2) is 0 Å². The molecule has 0 fully saturated rings. The van der Waals surface area contributed by atoms with Crippen LogP contribution in [0.25, 0.3) is 33.4 Å². The minimum atomic E-state index is -0.427. The molecule has 2 heterocycles. The number of nitrogens with zero attached hydrogens (tertiary/aromatic N) is 1. The van der Waals surface area contributed by atoms with Crippen molar-refractivity contribution in [1.29, 1.82) is 0 Å². The van der Waals surface area contributed by atoms with Crippen LogP contribution < -0.4 is 5.63 Å². The molecule has 0 aliphatic carbocycles. The van der Waals surface area contributed by atoms with Gasteiger partial charge in [0.2, 0.25) is 0 Å². The van der Waals surface area contributed by atoms with Crippen LogP contribution in [0.5, 0.6) is 0 Å². The average molecular weight is 337 g/mol. The van der Waals surface area contributed by atoms with Gasteiger partial charge in [0, 0.05) is 22.7 Å². The first-order valence-electron chi connectivity index (χ1n) is 8.24. The van der Waals surface area contributed by atoms with Gasteiger partial charge in [-0.05, 0) is 42.3 Å². The van der Waals surface area contributed by atoms with E-state index in [9.17, 15) is 4.79 Å². The molecule has 0 saturated carbocycles. The van der Waals surface area contributed by atoms with Gasteiger partial charge in [0.05, 0.1) is 11.3 Å². The van der Waals surface area contributed by atoms with E-state index in [1.54, 1.807) is 12.3 Å². The Labute approximate surface area is 151 Å². The molecule has 0 saturated heterocycles. The summed E-state index contributed by atoms with van der Waals surface area (Å²) in [5.41, 5.74) is 4.33. The van der Waals surface area contributed by atoms with Crippen molar-refractivity contribution >= 4 is 11.0 Å². The molecule has 0 radical (unpaired) electrons. The molecule has 4 aromatic rings.